The van der Waals surface area contributed by atoms with Gasteiger partial charge in [0.1, 0.15) is 0 Å². The van der Waals surface area contributed by atoms with Crippen LogP contribution in [0.1, 0.15) is 16.8 Å². The Morgan fingerprint density at radius 1 is 1.29 bits per heavy atom. The van der Waals surface area contributed by atoms with E-state index in [4.69, 9.17) is 0 Å². The predicted octanol–water partition coefficient (Wildman–Crippen LogP) is 2.59. The topological polar surface area (TPSA) is 47.7 Å². The third kappa shape index (κ3) is 3.31. The van der Waals surface area contributed by atoms with Crippen molar-refractivity contribution in [3.8, 4) is 0 Å². The zero-order valence-electron chi connectivity index (χ0n) is 12.3. The SMILES string of the molecule is Cc1nn(C)cc1CNc1cccc(Cn2ccnc2)c1. The average molecular weight is 281 g/mol. The van der Waals surface area contributed by atoms with E-state index in [2.05, 4.69) is 50.4 Å². The molecular weight excluding hydrogens is 262 g/mol. The first-order valence-electron chi connectivity index (χ1n) is 6.98. The molecule has 2 heterocycles. The Bertz CT molecular complexity index is 712. The summed E-state index contributed by atoms with van der Waals surface area (Å²) >= 11 is 0. The minimum absolute atomic E-state index is 0.786. The maximum atomic E-state index is 4.36. The Hall–Kier alpha value is -2.56. The molecule has 0 fully saturated rings. The molecule has 1 N–H and O–H groups in total. The van der Waals surface area contributed by atoms with Gasteiger partial charge in [0.05, 0.1) is 12.0 Å². The van der Waals surface area contributed by atoms with Crippen LogP contribution in [0.5, 0.6) is 0 Å². The average Bonchev–Trinajstić information content (AvgIpc) is 3.07. The lowest BCUT2D eigenvalue weighted by atomic mass is 10.2. The van der Waals surface area contributed by atoms with Crippen molar-refractivity contribution in [2.45, 2.75) is 20.0 Å². The number of aryl methyl sites for hydroxylation is 2. The Morgan fingerprint density at radius 2 is 2.19 bits per heavy atom. The molecule has 0 aliphatic rings. The molecular formula is C16H19N5. The maximum absolute atomic E-state index is 4.36. The molecule has 0 aliphatic carbocycles. The van der Waals surface area contributed by atoms with E-state index in [0.717, 1.165) is 24.5 Å². The van der Waals surface area contributed by atoms with Gasteiger partial charge in [0.2, 0.25) is 0 Å². The zero-order valence-corrected chi connectivity index (χ0v) is 12.3. The lowest BCUT2D eigenvalue weighted by molar-refractivity contribution is 0.756. The van der Waals surface area contributed by atoms with Gasteiger partial charge in [0.25, 0.3) is 0 Å². The van der Waals surface area contributed by atoms with E-state index in [0.29, 0.717) is 0 Å². The summed E-state index contributed by atoms with van der Waals surface area (Å²) in [6.45, 7) is 3.65. The van der Waals surface area contributed by atoms with Gasteiger partial charge in [-0.25, -0.2) is 4.98 Å². The second-order valence-electron chi connectivity index (χ2n) is 5.20. The molecule has 0 aliphatic heterocycles. The molecule has 0 radical (unpaired) electrons. The highest BCUT2D eigenvalue weighted by atomic mass is 15.2. The Balaban J connectivity index is 1.67. The first kappa shape index (κ1) is 13.4. The summed E-state index contributed by atoms with van der Waals surface area (Å²) < 4.78 is 3.91. The molecule has 2 aromatic heterocycles. The summed E-state index contributed by atoms with van der Waals surface area (Å²) in [5.74, 6) is 0. The van der Waals surface area contributed by atoms with E-state index >= 15 is 0 Å². The highest BCUT2D eigenvalue weighted by Gasteiger charge is 2.03. The van der Waals surface area contributed by atoms with Gasteiger partial charge < -0.3 is 9.88 Å². The number of rotatable bonds is 5. The minimum atomic E-state index is 0.786. The first-order chi connectivity index (χ1) is 10.2. The van der Waals surface area contributed by atoms with E-state index in [1.54, 1.807) is 6.20 Å². The van der Waals surface area contributed by atoms with Gasteiger partial charge >= 0.3 is 0 Å². The molecule has 1 aromatic carbocycles. The fourth-order valence-electron chi connectivity index (χ4n) is 2.39. The molecule has 108 valence electrons. The van der Waals surface area contributed by atoms with Gasteiger partial charge in [-0.3, -0.25) is 4.68 Å². The Morgan fingerprint density at radius 3 is 2.90 bits per heavy atom. The Kier molecular flexibility index (Phi) is 3.73. The van der Waals surface area contributed by atoms with Crippen LogP contribution in [0.3, 0.4) is 0 Å². The van der Waals surface area contributed by atoms with Crippen molar-refractivity contribution in [1.29, 1.82) is 0 Å². The summed E-state index contributed by atoms with van der Waals surface area (Å²) in [6.07, 6.45) is 7.66. The minimum Gasteiger partial charge on any atom is -0.381 e. The molecule has 0 saturated heterocycles. The van der Waals surface area contributed by atoms with E-state index in [1.807, 2.05) is 31.2 Å². The van der Waals surface area contributed by atoms with Crippen LogP contribution >= 0.6 is 0 Å². The molecule has 0 saturated carbocycles. The van der Waals surface area contributed by atoms with E-state index in [9.17, 15) is 0 Å². The number of hydrogen-bond acceptors (Lipinski definition) is 3. The van der Waals surface area contributed by atoms with E-state index in [1.165, 1.54) is 11.1 Å². The van der Waals surface area contributed by atoms with Crippen molar-refractivity contribution in [3.63, 3.8) is 0 Å². The zero-order chi connectivity index (χ0) is 14.7. The molecule has 21 heavy (non-hydrogen) atoms. The van der Waals surface area contributed by atoms with Gasteiger partial charge in [0, 0.05) is 50.0 Å². The van der Waals surface area contributed by atoms with Crippen LogP contribution in [-0.2, 0) is 20.1 Å². The number of anilines is 1. The van der Waals surface area contributed by atoms with Gasteiger partial charge in [-0.05, 0) is 24.6 Å². The van der Waals surface area contributed by atoms with Crippen molar-refractivity contribution >= 4 is 5.69 Å². The molecule has 5 heteroatoms. The number of aromatic nitrogens is 4. The normalized spacial score (nSPS) is 10.8. The number of hydrogen-bond donors (Lipinski definition) is 1. The number of nitrogens with one attached hydrogen (secondary N) is 1. The van der Waals surface area contributed by atoms with Gasteiger partial charge in [0.15, 0.2) is 0 Å². The van der Waals surface area contributed by atoms with Crippen LogP contribution in [0.25, 0.3) is 0 Å². The summed E-state index contributed by atoms with van der Waals surface area (Å²) in [4.78, 5) is 4.07. The van der Waals surface area contributed by atoms with Crippen LogP contribution in [0.4, 0.5) is 5.69 Å². The lowest BCUT2D eigenvalue weighted by Crippen LogP contribution is -2.01. The molecule has 0 unspecified atom stereocenters. The van der Waals surface area contributed by atoms with Crippen LogP contribution in [0.2, 0.25) is 0 Å². The lowest BCUT2D eigenvalue weighted by Gasteiger charge is -2.08. The molecule has 3 rings (SSSR count). The van der Waals surface area contributed by atoms with Crippen molar-refractivity contribution in [1.82, 2.24) is 19.3 Å². The highest BCUT2D eigenvalue weighted by molar-refractivity contribution is 5.46. The molecule has 0 amide bonds. The number of benzene rings is 1. The Labute approximate surface area is 124 Å². The van der Waals surface area contributed by atoms with Crippen molar-refractivity contribution < 1.29 is 0 Å². The van der Waals surface area contributed by atoms with Gasteiger partial charge in [-0.15, -0.1) is 0 Å². The first-order valence-corrected chi connectivity index (χ1v) is 6.98. The molecule has 0 spiro atoms. The van der Waals surface area contributed by atoms with Crippen molar-refractivity contribution in [2.24, 2.45) is 7.05 Å². The third-order valence-corrected chi connectivity index (χ3v) is 3.45. The third-order valence-electron chi connectivity index (χ3n) is 3.45. The van der Waals surface area contributed by atoms with Crippen molar-refractivity contribution in [2.75, 3.05) is 5.32 Å². The highest BCUT2D eigenvalue weighted by Crippen LogP contribution is 2.14. The monoisotopic (exact) mass is 281 g/mol. The van der Waals surface area contributed by atoms with Crippen LogP contribution in [0, 0.1) is 6.92 Å². The summed E-state index contributed by atoms with van der Waals surface area (Å²) in [5, 5.41) is 7.81. The summed E-state index contributed by atoms with van der Waals surface area (Å²) in [7, 11) is 1.95. The molecule has 5 nitrogen and oxygen atoms in total. The fourth-order valence-corrected chi connectivity index (χ4v) is 2.39. The van der Waals surface area contributed by atoms with Crippen LogP contribution in [-0.4, -0.2) is 19.3 Å². The van der Waals surface area contributed by atoms with Gasteiger partial charge in [-0.2, -0.15) is 5.10 Å². The van der Waals surface area contributed by atoms with Gasteiger partial charge in [-0.1, -0.05) is 12.1 Å². The van der Waals surface area contributed by atoms with Crippen molar-refractivity contribution in [3.05, 3.63) is 66.0 Å². The summed E-state index contributed by atoms with van der Waals surface area (Å²) in [5.41, 5.74) is 4.66. The van der Waals surface area contributed by atoms with E-state index in [-0.39, 0.29) is 0 Å². The molecule has 3 aromatic rings. The second kappa shape index (κ2) is 5.83. The summed E-state index contributed by atoms with van der Waals surface area (Å²) in [6, 6.07) is 8.46. The molecule has 0 bridgehead atoms. The smallest absolute Gasteiger partial charge is 0.0949 e. The largest absolute Gasteiger partial charge is 0.381 e. The quantitative estimate of drug-likeness (QED) is 0.782. The standard InChI is InChI=1S/C16H19N5/c1-13-15(11-20(2)19-13)9-18-16-5-3-4-14(8-16)10-21-7-6-17-12-21/h3-8,11-12,18H,9-10H2,1-2H3. The number of imidazole rings is 1. The molecule has 0 atom stereocenters. The van der Waals surface area contributed by atoms with Crippen LogP contribution in [0.15, 0.2) is 49.2 Å². The van der Waals surface area contributed by atoms with E-state index < -0.39 is 0 Å². The second-order valence-corrected chi connectivity index (χ2v) is 5.20. The van der Waals surface area contributed by atoms with Crippen LogP contribution < -0.4 is 5.32 Å². The maximum Gasteiger partial charge on any atom is 0.0949 e. The predicted molar refractivity (Wildman–Crippen MR) is 83.0 cm³/mol. The fraction of sp³-hybridized carbons (Fsp3) is 0.250. The number of nitrogens with zero attached hydrogens (tertiary/aromatic N) is 4.